The van der Waals surface area contributed by atoms with Crippen molar-refractivity contribution in [1.82, 2.24) is 4.90 Å². The maximum atomic E-state index is 6.08. The van der Waals surface area contributed by atoms with Gasteiger partial charge in [0.1, 0.15) is 0 Å². The maximum absolute atomic E-state index is 6.08. The van der Waals surface area contributed by atoms with Gasteiger partial charge < -0.3 is 15.4 Å². The lowest BCUT2D eigenvalue weighted by Crippen LogP contribution is -2.45. The third-order valence-electron chi connectivity index (χ3n) is 3.80. The molecule has 0 saturated carbocycles. The number of ether oxygens (including phenoxy) is 1. The van der Waals surface area contributed by atoms with Crippen LogP contribution in [-0.4, -0.2) is 43.7 Å². The zero-order chi connectivity index (χ0) is 14.6. The molecule has 0 bridgehead atoms. The van der Waals surface area contributed by atoms with Crippen molar-refractivity contribution < 1.29 is 4.74 Å². The minimum Gasteiger partial charge on any atom is -0.378 e. The summed E-state index contributed by atoms with van der Waals surface area (Å²) in [6.07, 6.45) is 0. The summed E-state index contributed by atoms with van der Waals surface area (Å²) in [4.78, 5) is 6.68. The Kier molecular flexibility index (Phi) is 4.65. The Hall–Kier alpha value is -1.55. The summed E-state index contributed by atoms with van der Waals surface area (Å²) in [7, 11) is 0. The van der Waals surface area contributed by atoms with Crippen LogP contribution in [0.25, 0.3) is 0 Å². The number of aliphatic imine (C=N–C) groups is 1. The van der Waals surface area contributed by atoms with Crippen LogP contribution >= 0.6 is 0 Å². The lowest BCUT2D eigenvalue weighted by molar-refractivity contribution is 0.0674. The van der Waals surface area contributed by atoms with Crippen LogP contribution in [0.5, 0.6) is 0 Å². The van der Waals surface area contributed by atoms with Gasteiger partial charge in [0.25, 0.3) is 0 Å². The van der Waals surface area contributed by atoms with Crippen LogP contribution < -0.4 is 5.73 Å². The molecule has 1 saturated heterocycles. The van der Waals surface area contributed by atoms with Crippen molar-refractivity contribution in [1.29, 1.82) is 0 Å². The molecule has 0 aromatic heterocycles. The highest BCUT2D eigenvalue weighted by Crippen LogP contribution is 2.23. The van der Waals surface area contributed by atoms with Gasteiger partial charge in [0.15, 0.2) is 5.96 Å². The molecule has 1 aromatic carbocycles. The molecule has 1 aliphatic heterocycles. The largest absolute Gasteiger partial charge is 0.378 e. The highest BCUT2D eigenvalue weighted by atomic mass is 16.5. The monoisotopic (exact) mass is 275 g/mol. The number of nitrogens with two attached hydrogens (primary N) is 1. The standard InChI is InChI=1S/C16H25N3O/c1-13-4-6-14(7-5-13)16(2,3)12-18-15(17)19-8-10-20-11-9-19/h4-7H,8-12H2,1-3H3,(H2,17,18). The fraction of sp³-hybridized carbons (Fsp3) is 0.562. The van der Waals surface area contributed by atoms with Gasteiger partial charge >= 0.3 is 0 Å². The first kappa shape index (κ1) is 14.9. The Morgan fingerprint density at radius 1 is 1.25 bits per heavy atom. The molecule has 0 aliphatic carbocycles. The third-order valence-corrected chi connectivity index (χ3v) is 3.80. The van der Waals surface area contributed by atoms with Gasteiger partial charge in [0, 0.05) is 18.5 Å². The van der Waals surface area contributed by atoms with Crippen molar-refractivity contribution in [2.24, 2.45) is 10.7 Å². The topological polar surface area (TPSA) is 50.8 Å². The summed E-state index contributed by atoms with van der Waals surface area (Å²) in [5.74, 6) is 0.633. The molecular weight excluding hydrogens is 250 g/mol. The van der Waals surface area contributed by atoms with Gasteiger partial charge in [-0.25, -0.2) is 0 Å². The molecule has 0 unspecified atom stereocenters. The van der Waals surface area contributed by atoms with Crippen LogP contribution in [0.4, 0.5) is 0 Å². The summed E-state index contributed by atoms with van der Waals surface area (Å²) >= 11 is 0. The van der Waals surface area contributed by atoms with Crippen molar-refractivity contribution in [3.8, 4) is 0 Å². The minimum atomic E-state index is -0.00932. The first-order valence-corrected chi connectivity index (χ1v) is 7.19. The molecule has 1 aliphatic rings. The summed E-state index contributed by atoms with van der Waals surface area (Å²) in [6.45, 7) is 10.3. The molecule has 1 heterocycles. The number of nitrogens with zero attached hydrogens (tertiary/aromatic N) is 2. The quantitative estimate of drug-likeness (QED) is 0.677. The van der Waals surface area contributed by atoms with Crippen molar-refractivity contribution in [3.05, 3.63) is 35.4 Å². The van der Waals surface area contributed by atoms with Gasteiger partial charge in [-0.05, 0) is 12.5 Å². The van der Waals surface area contributed by atoms with E-state index in [0.29, 0.717) is 12.5 Å². The van der Waals surface area contributed by atoms with Crippen LogP contribution in [-0.2, 0) is 10.2 Å². The first-order valence-electron chi connectivity index (χ1n) is 7.19. The van der Waals surface area contributed by atoms with E-state index < -0.39 is 0 Å². The summed E-state index contributed by atoms with van der Waals surface area (Å²) in [5.41, 5.74) is 8.64. The molecule has 2 N–H and O–H groups in total. The molecule has 0 atom stereocenters. The maximum Gasteiger partial charge on any atom is 0.191 e. The van der Waals surface area contributed by atoms with Gasteiger partial charge in [-0.3, -0.25) is 4.99 Å². The second-order valence-corrected chi connectivity index (χ2v) is 6.02. The highest BCUT2D eigenvalue weighted by Gasteiger charge is 2.21. The van der Waals surface area contributed by atoms with Crippen molar-refractivity contribution in [2.75, 3.05) is 32.8 Å². The molecule has 20 heavy (non-hydrogen) atoms. The van der Waals surface area contributed by atoms with Gasteiger partial charge in [-0.2, -0.15) is 0 Å². The Balaban J connectivity index is 2.01. The second-order valence-electron chi connectivity index (χ2n) is 6.02. The summed E-state index contributed by atoms with van der Waals surface area (Å²) in [6, 6.07) is 8.64. The normalized spacial score (nSPS) is 17.4. The first-order chi connectivity index (χ1) is 9.49. The van der Waals surface area contributed by atoms with Gasteiger partial charge in [0.2, 0.25) is 0 Å². The fourth-order valence-corrected chi connectivity index (χ4v) is 2.27. The molecule has 0 amide bonds. The van der Waals surface area contributed by atoms with E-state index in [2.05, 4.69) is 54.9 Å². The van der Waals surface area contributed by atoms with Crippen LogP contribution in [0.15, 0.2) is 29.3 Å². The minimum absolute atomic E-state index is 0.00932. The summed E-state index contributed by atoms with van der Waals surface area (Å²) in [5, 5.41) is 0. The number of aryl methyl sites for hydroxylation is 1. The van der Waals surface area contributed by atoms with E-state index in [0.717, 1.165) is 26.3 Å². The molecule has 2 rings (SSSR count). The van der Waals surface area contributed by atoms with Crippen LogP contribution in [0.3, 0.4) is 0 Å². The molecular formula is C16H25N3O. The number of rotatable bonds is 3. The van der Waals surface area contributed by atoms with E-state index in [4.69, 9.17) is 10.5 Å². The number of guanidine groups is 1. The molecule has 0 spiro atoms. The average molecular weight is 275 g/mol. The van der Waals surface area contributed by atoms with Crippen molar-refractivity contribution in [3.63, 3.8) is 0 Å². The molecule has 1 fully saturated rings. The van der Waals surface area contributed by atoms with Crippen molar-refractivity contribution in [2.45, 2.75) is 26.2 Å². The van der Waals surface area contributed by atoms with Crippen LogP contribution in [0.2, 0.25) is 0 Å². The van der Waals surface area contributed by atoms with Crippen molar-refractivity contribution >= 4 is 5.96 Å². The van der Waals surface area contributed by atoms with Gasteiger partial charge in [-0.1, -0.05) is 43.7 Å². The van der Waals surface area contributed by atoms with E-state index in [-0.39, 0.29) is 5.41 Å². The average Bonchev–Trinajstić information content (AvgIpc) is 2.46. The van der Waals surface area contributed by atoms with Crippen LogP contribution in [0, 0.1) is 6.92 Å². The summed E-state index contributed by atoms with van der Waals surface area (Å²) < 4.78 is 5.32. The molecule has 1 aromatic rings. The Bertz CT molecular complexity index is 459. The number of morpholine rings is 1. The Labute approximate surface area is 121 Å². The lowest BCUT2D eigenvalue weighted by atomic mass is 9.84. The Morgan fingerprint density at radius 3 is 2.45 bits per heavy atom. The molecule has 0 radical (unpaired) electrons. The van der Waals surface area contributed by atoms with E-state index >= 15 is 0 Å². The van der Waals surface area contributed by atoms with Gasteiger partial charge in [-0.15, -0.1) is 0 Å². The van der Waals surface area contributed by atoms with E-state index in [1.54, 1.807) is 0 Å². The number of hydrogen-bond acceptors (Lipinski definition) is 2. The van der Waals surface area contributed by atoms with E-state index in [1.165, 1.54) is 11.1 Å². The SMILES string of the molecule is Cc1ccc(C(C)(C)CN=C(N)N2CCOCC2)cc1. The van der Waals surface area contributed by atoms with Gasteiger partial charge in [0.05, 0.1) is 19.8 Å². The Morgan fingerprint density at radius 2 is 1.85 bits per heavy atom. The predicted octanol–water partition coefficient (Wildman–Crippen LogP) is 1.92. The zero-order valence-electron chi connectivity index (χ0n) is 12.7. The predicted molar refractivity (Wildman–Crippen MR) is 83.1 cm³/mol. The zero-order valence-corrected chi connectivity index (χ0v) is 12.7. The smallest absolute Gasteiger partial charge is 0.191 e. The number of hydrogen-bond donors (Lipinski definition) is 1. The highest BCUT2D eigenvalue weighted by molar-refractivity contribution is 5.78. The van der Waals surface area contributed by atoms with Crippen LogP contribution in [0.1, 0.15) is 25.0 Å². The molecule has 4 nitrogen and oxygen atoms in total. The van der Waals surface area contributed by atoms with E-state index in [1.807, 2.05) is 0 Å². The second kappa shape index (κ2) is 6.27. The third kappa shape index (κ3) is 3.73. The lowest BCUT2D eigenvalue weighted by Gasteiger charge is -2.29. The molecule has 4 heteroatoms. The number of benzene rings is 1. The fourth-order valence-electron chi connectivity index (χ4n) is 2.27. The molecule has 110 valence electrons. The van der Waals surface area contributed by atoms with E-state index in [9.17, 15) is 0 Å².